The minimum Gasteiger partial charge on any atom is -0.352 e. The van der Waals surface area contributed by atoms with E-state index in [-0.39, 0.29) is 17.8 Å². The molecule has 0 unspecified atom stereocenters. The Morgan fingerprint density at radius 3 is 2.07 bits per heavy atom. The smallest absolute Gasteiger partial charge is 0.157 e. The van der Waals surface area contributed by atoms with Crippen LogP contribution in [0, 0.1) is 41.2 Å². The summed E-state index contributed by atoms with van der Waals surface area (Å²) >= 11 is 0. The summed E-state index contributed by atoms with van der Waals surface area (Å²) < 4.78 is 40.5. The van der Waals surface area contributed by atoms with Crippen LogP contribution >= 0.6 is 0 Å². The number of rotatable bonds is 7. The summed E-state index contributed by atoms with van der Waals surface area (Å²) in [4.78, 5) is 0. The summed E-state index contributed by atoms with van der Waals surface area (Å²) in [5, 5.41) is 0. The van der Waals surface area contributed by atoms with Gasteiger partial charge in [0, 0.05) is 18.3 Å². The van der Waals surface area contributed by atoms with Crippen molar-refractivity contribution in [2.75, 3.05) is 13.2 Å². The van der Waals surface area contributed by atoms with E-state index >= 15 is 0 Å². The predicted molar refractivity (Wildman–Crippen MR) is 116 cm³/mol. The van der Waals surface area contributed by atoms with E-state index in [1.807, 2.05) is 0 Å². The van der Waals surface area contributed by atoms with E-state index in [0.717, 1.165) is 31.6 Å². The number of hydrogen-bond donors (Lipinski definition) is 0. The SMILES string of the molecule is CCCC1CCC(C#Cc2c(F)cc(CC[C@H]3OC[C@H](CCC)CO3)cc2F)CC1. The molecule has 0 spiro atoms. The van der Waals surface area contributed by atoms with Crippen molar-refractivity contribution in [3.63, 3.8) is 0 Å². The largest absolute Gasteiger partial charge is 0.352 e. The quantitative estimate of drug-likeness (QED) is 0.462. The minimum atomic E-state index is -0.564. The van der Waals surface area contributed by atoms with Crippen molar-refractivity contribution in [2.24, 2.45) is 17.8 Å². The minimum absolute atomic E-state index is 0.0954. The van der Waals surface area contributed by atoms with Gasteiger partial charge in [-0.3, -0.25) is 0 Å². The normalized spacial score (nSPS) is 26.8. The van der Waals surface area contributed by atoms with Crippen molar-refractivity contribution in [1.29, 1.82) is 0 Å². The van der Waals surface area contributed by atoms with E-state index in [1.54, 1.807) is 0 Å². The maximum absolute atomic E-state index is 14.5. The fourth-order valence-corrected chi connectivity index (χ4v) is 4.68. The van der Waals surface area contributed by atoms with Crippen LogP contribution in [0.15, 0.2) is 12.1 Å². The van der Waals surface area contributed by atoms with Gasteiger partial charge in [-0.05, 0) is 62.1 Å². The third-order valence-corrected chi connectivity index (χ3v) is 6.45. The van der Waals surface area contributed by atoms with E-state index < -0.39 is 11.6 Å². The van der Waals surface area contributed by atoms with Gasteiger partial charge in [-0.15, -0.1) is 0 Å². The van der Waals surface area contributed by atoms with Crippen molar-refractivity contribution >= 4 is 0 Å². The fourth-order valence-electron chi connectivity index (χ4n) is 4.68. The Bertz CT molecular complexity index is 697. The van der Waals surface area contributed by atoms with Crippen LogP contribution in [0.4, 0.5) is 8.78 Å². The lowest BCUT2D eigenvalue weighted by Gasteiger charge is -2.29. The molecule has 30 heavy (non-hydrogen) atoms. The zero-order valence-corrected chi connectivity index (χ0v) is 18.5. The highest BCUT2D eigenvalue weighted by molar-refractivity contribution is 5.39. The average Bonchev–Trinajstić information content (AvgIpc) is 2.74. The molecule has 1 aromatic carbocycles. The standard InChI is InChI=1S/C26H36F2O2/c1-3-5-19-7-9-20(10-8-19)11-13-23-24(27)15-21(16-25(23)28)12-14-26-29-17-22(6-4-2)18-30-26/h15-16,19-20,22,26H,3-10,12,14,17-18H2,1-2H3/t19?,20?,22-,26-. The molecule has 2 aliphatic rings. The summed E-state index contributed by atoms with van der Waals surface area (Å²) in [6.45, 7) is 5.78. The molecular weight excluding hydrogens is 382 g/mol. The topological polar surface area (TPSA) is 18.5 Å². The Morgan fingerprint density at radius 1 is 0.867 bits per heavy atom. The van der Waals surface area contributed by atoms with Gasteiger partial charge in [-0.1, -0.05) is 45.0 Å². The molecular formula is C26H36F2O2. The zero-order chi connectivity index (χ0) is 21.3. The average molecular weight is 419 g/mol. The summed E-state index contributed by atoms with van der Waals surface area (Å²) in [6.07, 6.45) is 10.0. The number of benzene rings is 1. The second-order valence-corrected chi connectivity index (χ2v) is 9.00. The molecule has 0 atom stereocenters. The Hall–Kier alpha value is -1.44. The molecule has 1 saturated heterocycles. The molecule has 1 heterocycles. The van der Waals surface area contributed by atoms with Crippen molar-refractivity contribution in [3.05, 3.63) is 34.9 Å². The summed E-state index contributed by atoms with van der Waals surface area (Å²) in [6, 6.07) is 2.82. The maximum Gasteiger partial charge on any atom is 0.157 e. The van der Waals surface area contributed by atoms with Crippen LogP contribution < -0.4 is 0 Å². The summed E-state index contributed by atoms with van der Waals surface area (Å²) in [7, 11) is 0. The van der Waals surface area contributed by atoms with E-state index in [2.05, 4.69) is 25.7 Å². The van der Waals surface area contributed by atoms with Crippen molar-refractivity contribution < 1.29 is 18.3 Å². The van der Waals surface area contributed by atoms with Gasteiger partial charge in [-0.25, -0.2) is 8.78 Å². The fraction of sp³-hybridized carbons (Fsp3) is 0.692. The molecule has 2 fully saturated rings. The Labute approximate surface area is 180 Å². The van der Waals surface area contributed by atoms with E-state index in [4.69, 9.17) is 9.47 Å². The predicted octanol–water partition coefficient (Wildman–Crippen LogP) is 6.64. The maximum atomic E-state index is 14.5. The van der Waals surface area contributed by atoms with E-state index in [1.165, 1.54) is 37.8 Å². The highest BCUT2D eigenvalue weighted by atomic mass is 19.1. The van der Waals surface area contributed by atoms with E-state index in [9.17, 15) is 8.78 Å². The lowest BCUT2D eigenvalue weighted by molar-refractivity contribution is -0.203. The molecule has 0 amide bonds. The second kappa shape index (κ2) is 11.8. The third kappa shape index (κ3) is 6.79. The molecule has 1 saturated carbocycles. The summed E-state index contributed by atoms with van der Waals surface area (Å²) in [5.41, 5.74) is 0.528. The first kappa shape index (κ1) is 23.2. The molecule has 0 N–H and O–H groups in total. The zero-order valence-electron chi connectivity index (χ0n) is 18.5. The van der Waals surface area contributed by atoms with Gasteiger partial charge in [0.25, 0.3) is 0 Å². The first-order valence-corrected chi connectivity index (χ1v) is 11.8. The second-order valence-electron chi connectivity index (χ2n) is 9.00. The lowest BCUT2D eigenvalue weighted by atomic mass is 9.80. The van der Waals surface area contributed by atoms with Gasteiger partial charge in [0.15, 0.2) is 6.29 Å². The Kier molecular flexibility index (Phi) is 9.15. The number of ether oxygens (including phenoxy) is 2. The van der Waals surface area contributed by atoms with Crippen LogP contribution in [0.2, 0.25) is 0 Å². The number of hydrogen-bond acceptors (Lipinski definition) is 2. The Balaban J connectivity index is 1.51. The van der Waals surface area contributed by atoms with Crippen LogP contribution in [0.25, 0.3) is 0 Å². The molecule has 2 nitrogen and oxygen atoms in total. The van der Waals surface area contributed by atoms with Crippen molar-refractivity contribution in [3.8, 4) is 11.8 Å². The molecule has 0 radical (unpaired) electrons. The lowest BCUT2D eigenvalue weighted by Crippen LogP contribution is -2.32. The first-order valence-electron chi connectivity index (χ1n) is 11.8. The van der Waals surface area contributed by atoms with Crippen LogP contribution in [0.1, 0.15) is 82.8 Å². The molecule has 0 bridgehead atoms. The molecule has 1 aliphatic heterocycles. The van der Waals surface area contributed by atoms with Crippen molar-refractivity contribution in [2.45, 2.75) is 84.3 Å². The van der Waals surface area contributed by atoms with E-state index in [0.29, 0.717) is 37.5 Å². The molecule has 0 aromatic heterocycles. The van der Waals surface area contributed by atoms with Crippen molar-refractivity contribution in [1.82, 2.24) is 0 Å². The third-order valence-electron chi connectivity index (χ3n) is 6.45. The van der Waals surface area contributed by atoms with Gasteiger partial charge in [0.1, 0.15) is 11.6 Å². The monoisotopic (exact) mass is 418 g/mol. The molecule has 4 heteroatoms. The van der Waals surface area contributed by atoms with Gasteiger partial charge < -0.3 is 9.47 Å². The van der Waals surface area contributed by atoms with Crippen LogP contribution in [-0.4, -0.2) is 19.5 Å². The highest BCUT2D eigenvalue weighted by Gasteiger charge is 2.22. The number of halogens is 2. The Morgan fingerprint density at radius 2 is 1.47 bits per heavy atom. The van der Waals surface area contributed by atoms with Gasteiger partial charge >= 0.3 is 0 Å². The molecule has 1 aromatic rings. The van der Waals surface area contributed by atoms with Gasteiger partial charge in [0.05, 0.1) is 18.8 Å². The first-order chi connectivity index (χ1) is 14.6. The molecule has 3 rings (SSSR count). The van der Waals surface area contributed by atoms with Gasteiger partial charge in [-0.2, -0.15) is 0 Å². The highest BCUT2D eigenvalue weighted by Crippen LogP contribution is 2.31. The molecule has 1 aliphatic carbocycles. The number of aryl methyl sites for hydroxylation is 1. The van der Waals surface area contributed by atoms with Gasteiger partial charge in [0.2, 0.25) is 0 Å². The summed E-state index contributed by atoms with van der Waals surface area (Å²) in [5.74, 6) is 6.32. The van der Waals surface area contributed by atoms with Crippen LogP contribution in [0.5, 0.6) is 0 Å². The molecule has 166 valence electrons. The van der Waals surface area contributed by atoms with Crippen LogP contribution in [0.3, 0.4) is 0 Å². The van der Waals surface area contributed by atoms with Crippen LogP contribution in [-0.2, 0) is 15.9 Å².